The van der Waals surface area contributed by atoms with Crippen LogP contribution in [-0.4, -0.2) is 48.7 Å². The van der Waals surface area contributed by atoms with Crippen LogP contribution < -0.4 is 0 Å². The summed E-state index contributed by atoms with van der Waals surface area (Å²) in [5, 5.41) is 0. The molecule has 0 saturated heterocycles. The topological polar surface area (TPSA) is 55.8 Å². The zero-order valence-electron chi connectivity index (χ0n) is 23.4. The largest absolute Gasteiger partial charge is 0.466 e. The number of hydrogen-bond donors (Lipinski definition) is 0. The summed E-state index contributed by atoms with van der Waals surface area (Å²) in [6, 6.07) is 0. The quantitative estimate of drug-likeness (QED) is 0.109. The molecule has 0 fully saturated rings. The Hall–Kier alpha value is -1.10. The van der Waals surface area contributed by atoms with Crippen LogP contribution in [0.4, 0.5) is 0 Å². The molecule has 0 radical (unpaired) electrons. The Bertz CT molecular complexity index is 487. The van der Waals surface area contributed by atoms with Crippen LogP contribution in [0.15, 0.2) is 0 Å². The molecule has 0 unspecified atom stereocenters. The van der Waals surface area contributed by atoms with Gasteiger partial charge in [0.05, 0.1) is 13.2 Å². The molecule has 0 aromatic carbocycles. The molecule has 0 aliphatic rings. The summed E-state index contributed by atoms with van der Waals surface area (Å²) in [6.45, 7) is 12.5. The van der Waals surface area contributed by atoms with E-state index in [9.17, 15) is 9.59 Å². The highest BCUT2D eigenvalue weighted by molar-refractivity contribution is 5.72. The van der Waals surface area contributed by atoms with Crippen LogP contribution in [0.3, 0.4) is 0 Å². The number of rotatable bonds is 23. The van der Waals surface area contributed by atoms with Gasteiger partial charge in [-0.05, 0) is 46.6 Å². The maximum Gasteiger partial charge on any atom is 0.320 e. The first-order valence-corrected chi connectivity index (χ1v) is 14.4. The highest BCUT2D eigenvalue weighted by Gasteiger charge is 2.19. The van der Waals surface area contributed by atoms with Gasteiger partial charge in [0.25, 0.3) is 0 Å². The molecule has 0 aromatic rings. The molecule has 0 saturated carbocycles. The molecule has 5 nitrogen and oxygen atoms in total. The zero-order chi connectivity index (χ0) is 25.5. The number of carbonyl (C=O) groups is 2. The van der Waals surface area contributed by atoms with Crippen molar-refractivity contribution in [3.8, 4) is 0 Å². The number of nitrogens with zero attached hydrogens (tertiary/aromatic N) is 1. The molecule has 5 heteroatoms. The van der Waals surface area contributed by atoms with Gasteiger partial charge in [-0.1, -0.05) is 97.3 Å². The van der Waals surface area contributed by atoms with E-state index in [2.05, 4.69) is 18.7 Å². The van der Waals surface area contributed by atoms with Crippen molar-refractivity contribution in [3.63, 3.8) is 0 Å². The standard InChI is InChI=1S/C29H57NO4/c1-6-8-10-12-13-14-15-16-18-20-23-30(26-28(32)34-29(3,4)5)24-21-25-33-27(31)22-19-17-11-9-7-2/h6-26H2,1-5H3. The fourth-order valence-electron chi connectivity index (χ4n) is 4.07. The van der Waals surface area contributed by atoms with Crippen molar-refractivity contribution >= 4 is 11.9 Å². The van der Waals surface area contributed by atoms with Crippen LogP contribution in [0.2, 0.25) is 0 Å². The second-order valence-corrected chi connectivity index (χ2v) is 10.8. The Kier molecular flexibility index (Phi) is 21.6. The molecule has 0 aliphatic carbocycles. The van der Waals surface area contributed by atoms with Gasteiger partial charge < -0.3 is 9.47 Å². The molecule has 0 bridgehead atoms. The summed E-state index contributed by atoms with van der Waals surface area (Å²) in [7, 11) is 0. The number of ether oxygens (including phenoxy) is 2. The molecule has 0 rings (SSSR count). The van der Waals surface area contributed by atoms with Crippen molar-refractivity contribution in [1.29, 1.82) is 0 Å². The minimum atomic E-state index is -0.466. The van der Waals surface area contributed by atoms with Crippen LogP contribution >= 0.6 is 0 Å². The van der Waals surface area contributed by atoms with Crippen molar-refractivity contribution in [2.75, 3.05) is 26.2 Å². The van der Waals surface area contributed by atoms with Crippen LogP contribution in [0.25, 0.3) is 0 Å². The second kappa shape index (κ2) is 22.4. The highest BCUT2D eigenvalue weighted by atomic mass is 16.6. The summed E-state index contributed by atoms with van der Waals surface area (Å²) in [5.74, 6) is -0.270. The van der Waals surface area contributed by atoms with E-state index in [0.717, 1.165) is 38.8 Å². The monoisotopic (exact) mass is 483 g/mol. The van der Waals surface area contributed by atoms with Crippen molar-refractivity contribution in [3.05, 3.63) is 0 Å². The number of carbonyl (C=O) groups excluding carboxylic acids is 2. The lowest BCUT2D eigenvalue weighted by Gasteiger charge is -2.25. The minimum Gasteiger partial charge on any atom is -0.466 e. The average Bonchev–Trinajstić information content (AvgIpc) is 2.76. The van der Waals surface area contributed by atoms with Gasteiger partial charge in [0, 0.05) is 13.0 Å². The normalized spacial score (nSPS) is 11.7. The van der Waals surface area contributed by atoms with Gasteiger partial charge in [0.2, 0.25) is 0 Å². The Morgan fingerprint density at radius 1 is 0.618 bits per heavy atom. The van der Waals surface area contributed by atoms with Crippen LogP contribution in [-0.2, 0) is 19.1 Å². The fourth-order valence-corrected chi connectivity index (χ4v) is 4.07. The van der Waals surface area contributed by atoms with Gasteiger partial charge in [-0.25, -0.2) is 0 Å². The molecule has 0 spiro atoms. The van der Waals surface area contributed by atoms with E-state index in [-0.39, 0.29) is 11.9 Å². The van der Waals surface area contributed by atoms with Gasteiger partial charge in [-0.15, -0.1) is 0 Å². The van der Waals surface area contributed by atoms with Gasteiger partial charge >= 0.3 is 11.9 Å². The molecule has 0 heterocycles. The maximum atomic E-state index is 12.3. The minimum absolute atomic E-state index is 0.0927. The van der Waals surface area contributed by atoms with Gasteiger partial charge in [0.15, 0.2) is 0 Å². The highest BCUT2D eigenvalue weighted by Crippen LogP contribution is 2.12. The van der Waals surface area contributed by atoms with Crippen molar-refractivity contribution in [2.24, 2.45) is 0 Å². The lowest BCUT2D eigenvalue weighted by atomic mass is 10.1. The summed E-state index contributed by atoms with van der Waals surface area (Å²) in [6.07, 6.45) is 19.9. The summed E-state index contributed by atoms with van der Waals surface area (Å²) in [4.78, 5) is 26.4. The van der Waals surface area contributed by atoms with E-state index in [1.54, 1.807) is 0 Å². The predicted molar refractivity (Wildman–Crippen MR) is 143 cm³/mol. The van der Waals surface area contributed by atoms with E-state index in [1.165, 1.54) is 77.0 Å². The lowest BCUT2D eigenvalue weighted by Crippen LogP contribution is -2.36. The van der Waals surface area contributed by atoms with E-state index in [1.807, 2.05) is 20.8 Å². The van der Waals surface area contributed by atoms with Crippen LogP contribution in [0.5, 0.6) is 0 Å². The molecule has 202 valence electrons. The lowest BCUT2D eigenvalue weighted by molar-refractivity contribution is -0.156. The first kappa shape index (κ1) is 32.9. The molecular weight excluding hydrogens is 426 g/mol. The second-order valence-electron chi connectivity index (χ2n) is 10.8. The third-order valence-corrected chi connectivity index (χ3v) is 5.97. The van der Waals surface area contributed by atoms with Crippen LogP contribution in [0.1, 0.15) is 144 Å². The maximum absolute atomic E-state index is 12.3. The van der Waals surface area contributed by atoms with Crippen molar-refractivity contribution < 1.29 is 19.1 Å². The Morgan fingerprint density at radius 3 is 1.62 bits per heavy atom. The molecular formula is C29H57NO4. The third kappa shape index (κ3) is 24.0. The first-order valence-electron chi connectivity index (χ1n) is 14.4. The number of esters is 2. The molecule has 0 aromatic heterocycles. The van der Waals surface area contributed by atoms with Gasteiger partial charge in [-0.3, -0.25) is 14.5 Å². The third-order valence-electron chi connectivity index (χ3n) is 5.97. The predicted octanol–water partition coefficient (Wildman–Crippen LogP) is 7.84. The van der Waals surface area contributed by atoms with Crippen molar-refractivity contribution in [1.82, 2.24) is 4.90 Å². The first-order chi connectivity index (χ1) is 16.3. The van der Waals surface area contributed by atoms with Gasteiger partial charge in [0.1, 0.15) is 5.60 Å². The van der Waals surface area contributed by atoms with E-state index >= 15 is 0 Å². The average molecular weight is 484 g/mol. The smallest absolute Gasteiger partial charge is 0.320 e. The van der Waals surface area contributed by atoms with Crippen LogP contribution in [0, 0.1) is 0 Å². The number of hydrogen-bond acceptors (Lipinski definition) is 5. The van der Waals surface area contributed by atoms with E-state index < -0.39 is 5.60 Å². The van der Waals surface area contributed by atoms with Crippen molar-refractivity contribution in [2.45, 2.75) is 149 Å². The molecule has 0 atom stereocenters. The summed E-state index contributed by atoms with van der Waals surface area (Å²) in [5.41, 5.74) is -0.466. The summed E-state index contributed by atoms with van der Waals surface area (Å²) >= 11 is 0. The number of unbranched alkanes of at least 4 members (excludes halogenated alkanes) is 13. The van der Waals surface area contributed by atoms with Gasteiger partial charge in [-0.2, -0.15) is 0 Å². The zero-order valence-corrected chi connectivity index (χ0v) is 23.4. The van der Waals surface area contributed by atoms with E-state index in [4.69, 9.17) is 9.47 Å². The Morgan fingerprint density at radius 2 is 1.09 bits per heavy atom. The molecule has 0 N–H and O–H groups in total. The molecule has 34 heavy (non-hydrogen) atoms. The SMILES string of the molecule is CCCCCCCCCCCCN(CCCOC(=O)CCCCCCC)CC(=O)OC(C)(C)C. The van der Waals surface area contributed by atoms with E-state index in [0.29, 0.717) is 19.6 Å². The fraction of sp³-hybridized carbons (Fsp3) is 0.931. The summed E-state index contributed by atoms with van der Waals surface area (Å²) < 4.78 is 10.9. The molecule has 0 aliphatic heterocycles. The Balaban J connectivity index is 4.12. The Labute approximate surface area is 211 Å². The molecule has 0 amide bonds.